The average Bonchev–Trinajstić information content (AvgIpc) is 3.02. The predicted octanol–water partition coefficient (Wildman–Crippen LogP) is 5.24. The van der Waals surface area contributed by atoms with Gasteiger partial charge in [-0.05, 0) is 55.7 Å². The molecule has 3 aromatic rings. The molecule has 0 aliphatic rings. The SMILES string of the molecule is CC(C)OC(=O)c1ccc2nc(NC(=O)c3ccc(C(C)C)cc3)sc2c1. The second-order valence-electron chi connectivity index (χ2n) is 6.89. The van der Waals surface area contributed by atoms with Crippen LogP contribution in [-0.4, -0.2) is 23.0 Å². The van der Waals surface area contributed by atoms with Crippen LogP contribution in [0.15, 0.2) is 42.5 Å². The smallest absolute Gasteiger partial charge is 0.338 e. The van der Waals surface area contributed by atoms with Gasteiger partial charge in [0, 0.05) is 5.56 Å². The predicted molar refractivity (Wildman–Crippen MR) is 109 cm³/mol. The molecule has 0 atom stereocenters. The van der Waals surface area contributed by atoms with Crippen molar-refractivity contribution in [3.63, 3.8) is 0 Å². The van der Waals surface area contributed by atoms with E-state index < -0.39 is 0 Å². The van der Waals surface area contributed by atoms with E-state index in [2.05, 4.69) is 24.1 Å². The van der Waals surface area contributed by atoms with Crippen LogP contribution in [0.1, 0.15) is 59.9 Å². The Balaban J connectivity index is 1.77. The van der Waals surface area contributed by atoms with Crippen LogP contribution in [0, 0.1) is 0 Å². The summed E-state index contributed by atoms with van der Waals surface area (Å²) in [5.74, 6) is -0.150. The maximum atomic E-state index is 12.4. The number of ether oxygens (including phenoxy) is 1. The van der Waals surface area contributed by atoms with Gasteiger partial charge in [-0.2, -0.15) is 0 Å². The largest absolute Gasteiger partial charge is 0.459 e. The summed E-state index contributed by atoms with van der Waals surface area (Å²) in [4.78, 5) is 28.9. The number of rotatable bonds is 5. The molecule has 6 heteroatoms. The van der Waals surface area contributed by atoms with Gasteiger partial charge in [-0.25, -0.2) is 9.78 Å². The number of aromatic nitrogens is 1. The van der Waals surface area contributed by atoms with Gasteiger partial charge in [-0.3, -0.25) is 10.1 Å². The Hall–Kier alpha value is -2.73. The molecule has 1 heterocycles. The molecule has 2 aromatic carbocycles. The number of anilines is 1. The molecule has 1 aromatic heterocycles. The minimum Gasteiger partial charge on any atom is -0.459 e. The molecule has 0 saturated carbocycles. The van der Waals surface area contributed by atoms with Gasteiger partial charge >= 0.3 is 5.97 Å². The summed E-state index contributed by atoms with van der Waals surface area (Å²) in [5.41, 5.74) is 2.97. The first-order chi connectivity index (χ1) is 12.8. The van der Waals surface area contributed by atoms with Crippen LogP contribution in [0.4, 0.5) is 5.13 Å². The molecule has 0 unspecified atom stereocenters. The van der Waals surface area contributed by atoms with Gasteiger partial charge < -0.3 is 4.74 Å². The number of hydrogen-bond acceptors (Lipinski definition) is 5. The quantitative estimate of drug-likeness (QED) is 0.613. The van der Waals surface area contributed by atoms with Crippen molar-refractivity contribution in [1.82, 2.24) is 4.98 Å². The van der Waals surface area contributed by atoms with E-state index in [1.165, 1.54) is 16.9 Å². The lowest BCUT2D eigenvalue weighted by Gasteiger charge is -2.07. The summed E-state index contributed by atoms with van der Waals surface area (Å²) >= 11 is 1.33. The normalized spacial score (nSPS) is 11.2. The Morgan fingerprint density at radius 1 is 1.00 bits per heavy atom. The Morgan fingerprint density at radius 2 is 1.67 bits per heavy atom. The van der Waals surface area contributed by atoms with E-state index in [1.54, 1.807) is 18.2 Å². The molecule has 140 valence electrons. The van der Waals surface area contributed by atoms with Crippen LogP contribution < -0.4 is 5.32 Å². The highest BCUT2D eigenvalue weighted by Gasteiger charge is 2.14. The third-order valence-electron chi connectivity index (χ3n) is 4.03. The number of nitrogens with zero attached hydrogens (tertiary/aromatic N) is 1. The zero-order chi connectivity index (χ0) is 19.6. The van der Waals surface area contributed by atoms with Crippen molar-refractivity contribution in [2.24, 2.45) is 0 Å². The van der Waals surface area contributed by atoms with Crippen molar-refractivity contribution in [2.45, 2.75) is 39.7 Å². The Morgan fingerprint density at radius 3 is 2.30 bits per heavy atom. The van der Waals surface area contributed by atoms with Crippen molar-refractivity contribution in [3.05, 3.63) is 59.2 Å². The maximum Gasteiger partial charge on any atom is 0.338 e. The zero-order valence-corrected chi connectivity index (χ0v) is 16.6. The monoisotopic (exact) mass is 382 g/mol. The molecular formula is C21H22N2O3S. The topological polar surface area (TPSA) is 68.3 Å². The lowest BCUT2D eigenvalue weighted by molar-refractivity contribution is 0.0378. The molecular weight excluding hydrogens is 360 g/mol. The molecule has 0 saturated heterocycles. The number of esters is 1. The third-order valence-corrected chi connectivity index (χ3v) is 4.96. The van der Waals surface area contributed by atoms with Crippen molar-refractivity contribution in [1.29, 1.82) is 0 Å². The second-order valence-corrected chi connectivity index (χ2v) is 7.92. The number of amides is 1. The van der Waals surface area contributed by atoms with Gasteiger partial charge in [0.2, 0.25) is 0 Å². The molecule has 0 radical (unpaired) electrons. The summed E-state index contributed by atoms with van der Waals surface area (Å²) in [6.07, 6.45) is -0.174. The molecule has 0 spiro atoms. The molecule has 0 fully saturated rings. The molecule has 0 bridgehead atoms. The Bertz CT molecular complexity index is 975. The highest BCUT2D eigenvalue weighted by Crippen LogP contribution is 2.27. The van der Waals surface area contributed by atoms with Crippen molar-refractivity contribution < 1.29 is 14.3 Å². The van der Waals surface area contributed by atoms with E-state index in [-0.39, 0.29) is 18.0 Å². The van der Waals surface area contributed by atoms with Crippen LogP contribution >= 0.6 is 11.3 Å². The van der Waals surface area contributed by atoms with Crippen molar-refractivity contribution in [2.75, 3.05) is 5.32 Å². The molecule has 3 rings (SSSR count). The number of carbonyl (C=O) groups excluding carboxylic acids is 2. The zero-order valence-electron chi connectivity index (χ0n) is 15.8. The summed E-state index contributed by atoms with van der Waals surface area (Å²) in [7, 11) is 0. The van der Waals surface area contributed by atoms with Crippen LogP contribution in [0.5, 0.6) is 0 Å². The van der Waals surface area contributed by atoms with E-state index in [9.17, 15) is 9.59 Å². The molecule has 1 N–H and O–H groups in total. The van der Waals surface area contributed by atoms with Gasteiger partial charge in [0.05, 0.1) is 21.9 Å². The van der Waals surface area contributed by atoms with Crippen LogP contribution in [0.2, 0.25) is 0 Å². The Labute approximate surface area is 162 Å². The van der Waals surface area contributed by atoms with E-state index in [0.29, 0.717) is 22.2 Å². The first-order valence-electron chi connectivity index (χ1n) is 8.86. The summed E-state index contributed by atoms with van der Waals surface area (Å²) < 4.78 is 6.03. The number of hydrogen-bond donors (Lipinski definition) is 1. The standard InChI is InChI=1S/C21H22N2O3S/c1-12(2)14-5-7-15(8-6-14)19(24)23-21-22-17-10-9-16(11-18(17)27-21)20(25)26-13(3)4/h5-13H,1-4H3,(H,22,23,24). The molecule has 27 heavy (non-hydrogen) atoms. The van der Waals surface area contributed by atoms with Crippen LogP contribution in [0.25, 0.3) is 10.2 Å². The van der Waals surface area contributed by atoms with Crippen molar-refractivity contribution in [3.8, 4) is 0 Å². The van der Waals surface area contributed by atoms with Crippen molar-refractivity contribution >= 4 is 38.6 Å². The molecule has 0 aliphatic heterocycles. The van der Waals surface area contributed by atoms with Gasteiger partial charge in [-0.1, -0.05) is 37.3 Å². The fourth-order valence-corrected chi connectivity index (χ4v) is 3.48. The Kier molecular flexibility index (Phi) is 5.56. The summed E-state index contributed by atoms with van der Waals surface area (Å²) in [6.45, 7) is 7.84. The van der Waals surface area contributed by atoms with E-state index in [1.807, 2.05) is 38.1 Å². The van der Waals surface area contributed by atoms with Gasteiger partial charge in [0.1, 0.15) is 0 Å². The molecule has 1 amide bonds. The highest BCUT2D eigenvalue weighted by molar-refractivity contribution is 7.22. The minimum absolute atomic E-state index is 0.174. The minimum atomic E-state index is -0.365. The van der Waals surface area contributed by atoms with Crippen LogP contribution in [-0.2, 0) is 4.74 Å². The first-order valence-corrected chi connectivity index (χ1v) is 9.68. The number of carbonyl (C=O) groups is 2. The molecule has 5 nitrogen and oxygen atoms in total. The molecule has 0 aliphatic carbocycles. The summed E-state index contributed by atoms with van der Waals surface area (Å²) in [5, 5.41) is 3.33. The van der Waals surface area contributed by atoms with Gasteiger partial charge in [0.25, 0.3) is 5.91 Å². The first kappa shape index (κ1) is 19.0. The number of benzene rings is 2. The summed E-state index contributed by atoms with van der Waals surface area (Å²) in [6, 6.07) is 12.7. The van der Waals surface area contributed by atoms with Crippen LogP contribution in [0.3, 0.4) is 0 Å². The average molecular weight is 382 g/mol. The van der Waals surface area contributed by atoms with Gasteiger partial charge in [-0.15, -0.1) is 0 Å². The fraction of sp³-hybridized carbons (Fsp3) is 0.286. The highest BCUT2D eigenvalue weighted by atomic mass is 32.1. The lowest BCUT2D eigenvalue weighted by Crippen LogP contribution is -2.11. The number of nitrogens with one attached hydrogen (secondary N) is 1. The second kappa shape index (κ2) is 7.88. The lowest BCUT2D eigenvalue weighted by atomic mass is 10.0. The third kappa shape index (κ3) is 4.52. The fourth-order valence-electron chi connectivity index (χ4n) is 2.58. The maximum absolute atomic E-state index is 12.4. The number of fused-ring (bicyclic) bond motifs is 1. The number of thiazole rings is 1. The van der Waals surface area contributed by atoms with E-state index in [4.69, 9.17) is 4.74 Å². The van der Waals surface area contributed by atoms with E-state index in [0.717, 1.165) is 10.2 Å². The van der Waals surface area contributed by atoms with Gasteiger partial charge in [0.15, 0.2) is 5.13 Å². The van der Waals surface area contributed by atoms with E-state index >= 15 is 0 Å².